The van der Waals surface area contributed by atoms with Gasteiger partial charge < -0.3 is 10.1 Å². The largest absolute Gasteiger partial charge is 0.573 e. The maximum atomic E-state index is 12.6. The summed E-state index contributed by atoms with van der Waals surface area (Å²) in [6.07, 6.45) is -1.16. The van der Waals surface area contributed by atoms with Gasteiger partial charge in [0.2, 0.25) is 0 Å². The third kappa shape index (κ3) is 5.13. The van der Waals surface area contributed by atoms with Crippen LogP contribution in [0.15, 0.2) is 42.5 Å². The molecule has 5 rings (SSSR count). The minimum Gasteiger partial charge on any atom is -0.406 e. The van der Waals surface area contributed by atoms with E-state index in [9.17, 15) is 13.2 Å². The van der Waals surface area contributed by atoms with E-state index in [0.717, 1.165) is 54.1 Å². The first-order valence-electron chi connectivity index (χ1n) is 10.7. The van der Waals surface area contributed by atoms with Gasteiger partial charge in [0.1, 0.15) is 11.6 Å². The van der Waals surface area contributed by atoms with Crippen LogP contribution in [0.3, 0.4) is 0 Å². The quantitative estimate of drug-likeness (QED) is 0.461. The topological polar surface area (TPSA) is 52.0 Å². The number of nitrogens with one attached hydrogen (secondary N) is 1. The van der Waals surface area contributed by atoms with E-state index in [4.69, 9.17) is 11.6 Å². The molecule has 0 atom stereocenters. The van der Waals surface area contributed by atoms with E-state index in [1.165, 1.54) is 12.1 Å². The van der Waals surface area contributed by atoms with Gasteiger partial charge in [0.05, 0.1) is 12.2 Å². The third-order valence-corrected chi connectivity index (χ3v) is 6.53. The van der Waals surface area contributed by atoms with Crippen molar-refractivity contribution in [3.8, 4) is 11.4 Å². The average Bonchev–Trinajstić information content (AvgIpc) is 3.08. The molecule has 1 fully saturated rings. The van der Waals surface area contributed by atoms with Crippen molar-refractivity contribution in [3.05, 3.63) is 70.3 Å². The molecule has 33 heavy (non-hydrogen) atoms. The predicted molar refractivity (Wildman–Crippen MR) is 121 cm³/mol. The smallest absolute Gasteiger partial charge is 0.406 e. The van der Waals surface area contributed by atoms with Gasteiger partial charge in [-0.25, -0.2) is 0 Å². The van der Waals surface area contributed by atoms with Crippen LogP contribution in [0.1, 0.15) is 60.3 Å². The summed E-state index contributed by atoms with van der Waals surface area (Å²) in [6, 6.07) is 12.2. The Morgan fingerprint density at radius 3 is 2.48 bits per heavy atom. The fraction of sp³-hybridized carbons (Fsp3) is 0.391. The second-order valence-corrected chi connectivity index (χ2v) is 8.79. The molecule has 176 valence electrons. The van der Waals surface area contributed by atoms with Gasteiger partial charge in [-0.3, -0.25) is 4.57 Å². The van der Waals surface area contributed by atoms with E-state index >= 15 is 0 Å². The number of hydrogen-bond donors (Lipinski definition) is 1. The van der Waals surface area contributed by atoms with Gasteiger partial charge in [-0.15, -0.1) is 35.8 Å². The lowest BCUT2D eigenvalue weighted by Gasteiger charge is -2.29. The summed E-state index contributed by atoms with van der Waals surface area (Å²) in [7, 11) is 0. The van der Waals surface area contributed by atoms with E-state index in [0.29, 0.717) is 18.1 Å². The maximum absolute atomic E-state index is 12.6. The molecule has 0 bridgehead atoms. The van der Waals surface area contributed by atoms with Crippen LogP contribution < -0.4 is 10.1 Å². The predicted octanol–water partition coefficient (Wildman–Crippen LogP) is 6.29. The van der Waals surface area contributed by atoms with Crippen molar-refractivity contribution in [1.29, 1.82) is 0 Å². The summed E-state index contributed by atoms with van der Waals surface area (Å²) < 4.78 is 43.9. The number of alkyl halides is 3. The molecule has 1 aromatic heterocycles. The van der Waals surface area contributed by atoms with Crippen LogP contribution in [0.4, 0.5) is 13.2 Å². The maximum Gasteiger partial charge on any atom is 0.573 e. The summed E-state index contributed by atoms with van der Waals surface area (Å²) in [6.45, 7) is 1.34. The van der Waals surface area contributed by atoms with Gasteiger partial charge in [0.25, 0.3) is 0 Å². The van der Waals surface area contributed by atoms with Crippen LogP contribution in [0.25, 0.3) is 5.69 Å². The van der Waals surface area contributed by atoms with Crippen LogP contribution in [-0.4, -0.2) is 21.1 Å². The van der Waals surface area contributed by atoms with Crippen LogP contribution in [-0.2, 0) is 13.1 Å². The zero-order chi connectivity index (χ0) is 22.3. The van der Waals surface area contributed by atoms with Crippen molar-refractivity contribution in [1.82, 2.24) is 20.1 Å². The SMILES string of the molecule is Cl.FC(F)(F)Oc1cccc(C2CCC(c3nnc4n3-c3ccc(Cl)cc3CNC4)CC2)c1. The second-order valence-electron chi connectivity index (χ2n) is 8.36. The molecule has 2 aliphatic rings. The number of rotatable bonds is 3. The molecule has 1 aliphatic heterocycles. The van der Waals surface area contributed by atoms with E-state index in [-0.39, 0.29) is 30.0 Å². The lowest BCUT2D eigenvalue weighted by Crippen LogP contribution is -2.18. The molecule has 0 amide bonds. The Labute approximate surface area is 200 Å². The van der Waals surface area contributed by atoms with Crippen molar-refractivity contribution in [2.75, 3.05) is 0 Å². The molecule has 3 aromatic rings. The Balaban J connectivity index is 0.00000259. The molecule has 1 N–H and O–H groups in total. The summed E-state index contributed by atoms with van der Waals surface area (Å²) in [4.78, 5) is 0. The number of aromatic nitrogens is 3. The first kappa shape index (κ1) is 23.9. The van der Waals surface area contributed by atoms with Crippen LogP contribution >= 0.6 is 24.0 Å². The molecule has 2 aromatic carbocycles. The summed E-state index contributed by atoms with van der Waals surface area (Å²) in [5.74, 6) is 2.09. The molecule has 2 heterocycles. The van der Waals surface area contributed by atoms with Crippen molar-refractivity contribution < 1.29 is 17.9 Å². The van der Waals surface area contributed by atoms with E-state index in [1.807, 2.05) is 24.3 Å². The fourth-order valence-corrected chi connectivity index (χ4v) is 5.04. The van der Waals surface area contributed by atoms with Crippen LogP contribution in [0, 0.1) is 0 Å². The summed E-state index contributed by atoms with van der Waals surface area (Å²) >= 11 is 6.20. The highest BCUT2D eigenvalue weighted by molar-refractivity contribution is 6.30. The number of hydrogen-bond acceptors (Lipinski definition) is 4. The van der Waals surface area contributed by atoms with Crippen LogP contribution in [0.2, 0.25) is 5.02 Å². The molecule has 0 spiro atoms. The van der Waals surface area contributed by atoms with Gasteiger partial charge >= 0.3 is 6.36 Å². The van der Waals surface area contributed by atoms with Crippen molar-refractivity contribution in [2.24, 2.45) is 0 Å². The molecule has 0 unspecified atom stereocenters. The Bertz CT molecular complexity index is 1130. The van der Waals surface area contributed by atoms with Gasteiger partial charge in [-0.2, -0.15) is 0 Å². The number of nitrogens with zero attached hydrogens (tertiary/aromatic N) is 3. The van der Waals surface area contributed by atoms with Crippen molar-refractivity contribution in [2.45, 2.75) is 57.0 Å². The Hall–Kier alpha value is -2.29. The minimum absolute atomic E-state index is 0. The van der Waals surface area contributed by atoms with Gasteiger partial charge in [0.15, 0.2) is 5.82 Å². The molecule has 5 nitrogen and oxygen atoms in total. The standard InChI is InChI=1S/C23H22ClF3N4O.ClH/c24-18-8-9-20-17(10-18)12-28-13-21-29-30-22(31(20)21)15-6-4-14(5-7-15)16-2-1-3-19(11-16)32-23(25,26)27;/h1-3,8-11,14-15,28H,4-7,12-13H2;1H. The number of halogens is 5. The molecule has 0 saturated heterocycles. The molecule has 1 saturated carbocycles. The normalized spacial score (nSPS) is 20.2. The molecular weight excluding hydrogens is 476 g/mol. The zero-order valence-electron chi connectivity index (χ0n) is 17.6. The Morgan fingerprint density at radius 2 is 1.73 bits per heavy atom. The fourth-order valence-electron chi connectivity index (χ4n) is 4.85. The highest BCUT2D eigenvalue weighted by Gasteiger charge is 2.32. The zero-order valence-corrected chi connectivity index (χ0v) is 19.2. The molecule has 0 radical (unpaired) electrons. The first-order valence-corrected chi connectivity index (χ1v) is 11.0. The highest BCUT2D eigenvalue weighted by Crippen LogP contribution is 2.42. The van der Waals surface area contributed by atoms with Crippen molar-refractivity contribution >= 4 is 24.0 Å². The van der Waals surface area contributed by atoms with Gasteiger partial charge in [-0.1, -0.05) is 23.7 Å². The molecular formula is C23H23Cl2F3N4O. The van der Waals surface area contributed by atoms with E-state index < -0.39 is 6.36 Å². The van der Waals surface area contributed by atoms with E-state index in [2.05, 4.69) is 24.8 Å². The number of ether oxygens (including phenoxy) is 1. The van der Waals surface area contributed by atoms with E-state index in [1.54, 1.807) is 6.07 Å². The van der Waals surface area contributed by atoms with Gasteiger partial charge in [-0.05, 0) is 73.1 Å². The summed E-state index contributed by atoms with van der Waals surface area (Å²) in [5.41, 5.74) is 3.04. The Kier molecular flexibility index (Phi) is 6.88. The number of benzene rings is 2. The monoisotopic (exact) mass is 498 g/mol. The lowest BCUT2D eigenvalue weighted by molar-refractivity contribution is -0.274. The third-order valence-electron chi connectivity index (χ3n) is 6.29. The lowest BCUT2D eigenvalue weighted by atomic mass is 9.78. The summed E-state index contributed by atoms with van der Waals surface area (Å²) in [5, 5.41) is 13.0. The average molecular weight is 499 g/mol. The van der Waals surface area contributed by atoms with Gasteiger partial charge in [0, 0.05) is 17.5 Å². The van der Waals surface area contributed by atoms with Crippen LogP contribution in [0.5, 0.6) is 5.75 Å². The second kappa shape index (κ2) is 9.52. The molecule has 1 aliphatic carbocycles. The highest BCUT2D eigenvalue weighted by atomic mass is 35.5. The molecule has 10 heteroatoms. The minimum atomic E-state index is -4.68. The Morgan fingerprint density at radius 1 is 0.970 bits per heavy atom. The number of fused-ring (bicyclic) bond motifs is 3. The first-order chi connectivity index (χ1) is 15.4. The van der Waals surface area contributed by atoms with Crippen molar-refractivity contribution in [3.63, 3.8) is 0 Å².